The summed E-state index contributed by atoms with van der Waals surface area (Å²) in [5.74, 6) is 0.706. The molecule has 1 N–H and O–H groups in total. The fraction of sp³-hybridized carbons (Fsp3) is 0.263. The molecule has 0 aliphatic rings. The minimum Gasteiger partial charge on any atom is -0.497 e. The van der Waals surface area contributed by atoms with E-state index in [1.54, 1.807) is 26.6 Å². The van der Waals surface area contributed by atoms with E-state index >= 15 is 0 Å². The maximum atomic E-state index is 12.2. The van der Waals surface area contributed by atoms with Crippen molar-refractivity contribution in [1.82, 2.24) is 14.9 Å². The van der Waals surface area contributed by atoms with Crippen LogP contribution in [0.25, 0.3) is 16.7 Å². The Morgan fingerprint density at radius 2 is 1.96 bits per heavy atom. The summed E-state index contributed by atoms with van der Waals surface area (Å²) in [6.07, 6.45) is 2.54. The minimum atomic E-state index is -0.1000. The van der Waals surface area contributed by atoms with Crippen molar-refractivity contribution in [2.75, 3.05) is 27.4 Å². The number of nitrogens with zero attached hydrogens (tertiary/aromatic N) is 2. The largest absolute Gasteiger partial charge is 0.497 e. The lowest BCUT2D eigenvalue weighted by Crippen LogP contribution is -2.25. The molecule has 0 aliphatic carbocycles. The number of hydrogen-bond acceptors (Lipinski definition) is 4. The molecule has 3 rings (SSSR count). The molecule has 0 radical (unpaired) electrons. The quantitative estimate of drug-likeness (QED) is 0.672. The highest BCUT2D eigenvalue weighted by atomic mass is 16.5. The van der Waals surface area contributed by atoms with Gasteiger partial charge in [0.05, 0.1) is 18.1 Å². The van der Waals surface area contributed by atoms with Crippen LogP contribution in [0, 0.1) is 0 Å². The van der Waals surface area contributed by atoms with Crippen LogP contribution in [0.4, 0.5) is 0 Å². The molecule has 6 heteroatoms. The summed E-state index contributed by atoms with van der Waals surface area (Å²) < 4.78 is 12.1. The Kier molecular flexibility index (Phi) is 5.30. The molecule has 6 nitrogen and oxygen atoms in total. The van der Waals surface area contributed by atoms with E-state index in [4.69, 9.17) is 9.47 Å². The summed E-state index contributed by atoms with van der Waals surface area (Å²) in [5, 5.41) is 2.88. The van der Waals surface area contributed by atoms with Crippen LogP contribution >= 0.6 is 0 Å². The highest BCUT2D eigenvalue weighted by Gasteiger charge is 2.10. The predicted octanol–water partition coefficient (Wildman–Crippen LogP) is 2.80. The van der Waals surface area contributed by atoms with Crippen LogP contribution in [0.5, 0.6) is 5.75 Å². The van der Waals surface area contributed by atoms with E-state index in [9.17, 15) is 4.79 Å². The highest BCUT2D eigenvalue weighted by Crippen LogP contribution is 2.21. The smallest absolute Gasteiger partial charge is 0.251 e. The average molecular weight is 339 g/mol. The average Bonchev–Trinajstić information content (AvgIpc) is 3.08. The molecule has 0 atom stereocenters. The Hall–Kier alpha value is -2.86. The zero-order chi connectivity index (χ0) is 17.6. The van der Waals surface area contributed by atoms with E-state index in [0.29, 0.717) is 18.7 Å². The van der Waals surface area contributed by atoms with E-state index in [-0.39, 0.29) is 5.91 Å². The number of methoxy groups -OCH3 is 2. The molecule has 0 fully saturated rings. The lowest BCUT2D eigenvalue weighted by atomic mass is 10.2. The molecule has 25 heavy (non-hydrogen) atoms. The van der Waals surface area contributed by atoms with Gasteiger partial charge < -0.3 is 14.8 Å². The Bertz CT molecular complexity index is 856. The summed E-state index contributed by atoms with van der Waals surface area (Å²) >= 11 is 0. The van der Waals surface area contributed by atoms with Gasteiger partial charge in [0.15, 0.2) is 0 Å². The number of benzene rings is 2. The maximum Gasteiger partial charge on any atom is 0.251 e. The minimum absolute atomic E-state index is 0.1000. The van der Waals surface area contributed by atoms with Crippen LogP contribution in [-0.2, 0) is 4.74 Å². The van der Waals surface area contributed by atoms with Crippen LogP contribution in [0.2, 0.25) is 0 Å². The third kappa shape index (κ3) is 3.80. The van der Waals surface area contributed by atoms with Gasteiger partial charge in [-0.15, -0.1) is 0 Å². The van der Waals surface area contributed by atoms with Crippen molar-refractivity contribution in [1.29, 1.82) is 0 Å². The first-order valence-electron chi connectivity index (χ1n) is 8.11. The number of nitrogens with one attached hydrogen (secondary N) is 1. The summed E-state index contributed by atoms with van der Waals surface area (Å²) in [4.78, 5) is 16.6. The van der Waals surface area contributed by atoms with Crippen molar-refractivity contribution in [3.05, 3.63) is 54.4 Å². The molecular weight excluding hydrogens is 318 g/mol. The highest BCUT2D eigenvalue weighted by molar-refractivity contribution is 5.97. The molecule has 0 saturated carbocycles. The third-order valence-electron chi connectivity index (χ3n) is 3.97. The Morgan fingerprint density at radius 1 is 1.16 bits per heavy atom. The van der Waals surface area contributed by atoms with Crippen molar-refractivity contribution in [2.45, 2.75) is 6.42 Å². The zero-order valence-electron chi connectivity index (χ0n) is 14.4. The topological polar surface area (TPSA) is 65.4 Å². The normalized spacial score (nSPS) is 10.8. The Morgan fingerprint density at radius 3 is 2.68 bits per heavy atom. The maximum absolute atomic E-state index is 12.2. The molecular formula is C19H21N3O3. The Balaban J connectivity index is 1.79. The van der Waals surface area contributed by atoms with Crippen LogP contribution in [0.1, 0.15) is 16.8 Å². The molecule has 0 bridgehead atoms. The van der Waals surface area contributed by atoms with Gasteiger partial charge in [0.2, 0.25) is 0 Å². The van der Waals surface area contributed by atoms with Crippen molar-refractivity contribution >= 4 is 16.9 Å². The van der Waals surface area contributed by atoms with Gasteiger partial charge in [0.1, 0.15) is 12.1 Å². The van der Waals surface area contributed by atoms with Crippen molar-refractivity contribution < 1.29 is 14.3 Å². The SMILES string of the molecule is COCCCNC(=O)c1ccc2c(c1)ncn2-c1ccc(OC)cc1. The van der Waals surface area contributed by atoms with Gasteiger partial charge in [0, 0.05) is 31.5 Å². The number of rotatable bonds is 7. The predicted molar refractivity (Wildman–Crippen MR) is 96.4 cm³/mol. The van der Waals surface area contributed by atoms with E-state index in [0.717, 1.165) is 28.9 Å². The molecule has 130 valence electrons. The molecule has 0 spiro atoms. The number of ether oxygens (including phenoxy) is 2. The number of carbonyl (C=O) groups excluding carboxylic acids is 1. The lowest BCUT2D eigenvalue weighted by Gasteiger charge is -2.07. The number of imidazole rings is 1. The van der Waals surface area contributed by atoms with Crippen molar-refractivity contribution in [2.24, 2.45) is 0 Å². The second-order valence-corrected chi connectivity index (χ2v) is 5.62. The zero-order valence-corrected chi connectivity index (χ0v) is 14.4. The van der Waals surface area contributed by atoms with Gasteiger partial charge in [-0.1, -0.05) is 0 Å². The lowest BCUT2D eigenvalue weighted by molar-refractivity contribution is 0.0948. The molecule has 2 aromatic carbocycles. The van der Waals surface area contributed by atoms with Crippen molar-refractivity contribution in [3.8, 4) is 11.4 Å². The monoisotopic (exact) mass is 339 g/mol. The molecule has 1 aromatic heterocycles. The summed E-state index contributed by atoms with van der Waals surface area (Å²) in [5.41, 5.74) is 3.31. The summed E-state index contributed by atoms with van der Waals surface area (Å²) in [6.45, 7) is 1.22. The van der Waals surface area contributed by atoms with Crippen LogP contribution in [-0.4, -0.2) is 42.8 Å². The van der Waals surface area contributed by atoms with E-state index < -0.39 is 0 Å². The van der Waals surface area contributed by atoms with Gasteiger partial charge in [-0.2, -0.15) is 0 Å². The van der Waals surface area contributed by atoms with Crippen molar-refractivity contribution in [3.63, 3.8) is 0 Å². The van der Waals surface area contributed by atoms with E-state index in [1.807, 2.05) is 41.0 Å². The fourth-order valence-electron chi connectivity index (χ4n) is 2.62. The Labute approximate surface area is 146 Å². The molecule has 3 aromatic rings. The first kappa shape index (κ1) is 17.0. The van der Waals surface area contributed by atoms with Crippen LogP contribution in [0.3, 0.4) is 0 Å². The van der Waals surface area contributed by atoms with Gasteiger partial charge in [0.25, 0.3) is 5.91 Å². The number of carbonyl (C=O) groups is 1. The van der Waals surface area contributed by atoms with Gasteiger partial charge >= 0.3 is 0 Å². The molecule has 1 amide bonds. The first-order chi connectivity index (χ1) is 12.2. The van der Waals surface area contributed by atoms with Crippen LogP contribution in [0.15, 0.2) is 48.8 Å². The van der Waals surface area contributed by atoms with Gasteiger partial charge in [-0.25, -0.2) is 4.98 Å². The fourth-order valence-corrected chi connectivity index (χ4v) is 2.62. The number of hydrogen-bond donors (Lipinski definition) is 1. The standard InChI is InChI=1S/C19H21N3O3/c1-24-11-3-10-20-19(23)14-4-9-18-17(12-14)21-13-22(18)15-5-7-16(25-2)8-6-15/h4-9,12-13H,3,10-11H2,1-2H3,(H,20,23). The van der Waals surface area contributed by atoms with E-state index in [1.165, 1.54) is 0 Å². The number of aromatic nitrogens is 2. The van der Waals surface area contributed by atoms with Gasteiger partial charge in [-0.05, 0) is 48.9 Å². The van der Waals surface area contributed by atoms with E-state index in [2.05, 4.69) is 10.3 Å². The van der Waals surface area contributed by atoms with Gasteiger partial charge in [-0.3, -0.25) is 9.36 Å². The number of fused-ring (bicyclic) bond motifs is 1. The first-order valence-corrected chi connectivity index (χ1v) is 8.11. The summed E-state index contributed by atoms with van der Waals surface area (Å²) in [6, 6.07) is 13.3. The molecule has 0 aliphatic heterocycles. The third-order valence-corrected chi connectivity index (χ3v) is 3.97. The summed E-state index contributed by atoms with van der Waals surface area (Å²) in [7, 11) is 3.29. The van der Waals surface area contributed by atoms with Crippen LogP contribution < -0.4 is 10.1 Å². The number of amides is 1. The second-order valence-electron chi connectivity index (χ2n) is 5.62. The second kappa shape index (κ2) is 7.81. The molecule has 1 heterocycles. The molecule has 0 saturated heterocycles. The molecule has 0 unspecified atom stereocenters.